The molecule has 1 heterocycles. The van der Waals surface area contributed by atoms with Crippen molar-refractivity contribution in [2.45, 2.75) is 16.4 Å². The van der Waals surface area contributed by atoms with E-state index in [2.05, 4.69) is 4.74 Å². The Balaban J connectivity index is 2.47. The third-order valence-corrected chi connectivity index (χ3v) is 3.47. The van der Waals surface area contributed by atoms with Crippen LogP contribution < -0.4 is 0 Å². The Labute approximate surface area is 79.9 Å². The summed E-state index contributed by atoms with van der Waals surface area (Å²) < 4.78 is 5.75. The summed E-state index contributed by atoms with van der Waals surface area (Å²) in [6.45, 7) is 1.84. The minimum absolute atomic E-state index is 0.117. The lowest BCUT2D eigenvalue weighted by atomic mass is 10.5. The predicted octanol–water partition coefficient (Wildman–Crippen LogP) is 2.40. The molecule has 66 valence electrons. The average Bonchev–Trinajstić information content (AvgIpc) is 2.55. The average molecular weight is 202 g/mol. The number of hydrogen-bond donors (Lipinski definition) is 0. The van der Waals surface area contributed by atoms with Gasteiger partial charge in [0.1, 0.15) is 5.25 Å². The molecule has 12 heavy (non-hydrogen) atoms. The van der Waals surface area contributed by atoms with Gasteiger partial charge in [-0.15, -0.1) is 23.1 Å². The fraction of sp³-hybridized carbons (Fsp3) is 0.375. The first kappa shape index (κ1) is 9.61. The Morgan fingerprint density at radius 2 is 2.50 bits per heavy atom. The van der Waals surface area contributed by atoms with Crippen molar-refractivity contribution in [1.82, 2.24) is 0 Å². The number of rotatable bonds is 3. The molecule has 4 heteroatoms. The number of carbonyl (C=O) groups is 1. The zero-order valence-electron chi connectivity index (χ0n) is 6.94. The maximum Gasteiger partial charge on any atom is 0.318 e. The molecule has 0 aliphatic heterocycles. The SMILES string of the molecule is COC(=O)C(C)Sc1cccs1. The molecule has 0 radical (unpaired) electrons. The van der Waals surface area contributed by atoms with Crippen molar-refractivity contribution < 1.29 is 9.53 Å². The molecule has 1 unspecified atom stereocenters. The van der Waals surface area contributed by atoms with E-state index in [1.807, 2.05) is 24.4 Å². The molecule has 0 bridgehead atoms. The summed E-state index contributed by atoms with van der Waals surface area (Å²) in [6.07, 6.45) is 0. The van der Waals surface area contributed by atoms with Gasteiger partial charge in [-0.05, 0) is 18.4 Å². The van der Waals surface area contributed by atoms with Crippen molar-refractivity contribution >= 4 is 29.1 Å². The Bertz CT molecular complexity index is 244. The highest BCUT2D eigenvalue weighted by Crippen LogP contribution is 2.27. The van der Waals surface area contributed by atoms with Gasteiger partial charge in [-0.25, -0.2) is 0 Å². The van der Waals surface area contributed by atoms with E-state index in [9.17, 15) is 4.79 Å². The van der Waals surface area contributed by atoms with Crippen molar-refractivity contribution in [1.29, 1.82) is 0 Å². The topological polar surface area (TPSA) is 26.3 Å². The molecule has 1 aromatic rings. The largest absolute Gasteiger partial charge is 0.468 e. The van der Waals surface area contributed by atoms with E-state index in [0.717, 1.165) is 4.21 Å². The molecule has 0 saturated heterocycles. The summed E-state index contributed by atoms with van der Waals surface area (Å²) in [5, 5.41) is 1.88. The van der Waals surface area contributed by atoms with Crippen LogP contribution in [-0.2, 0) is 9.53 Å². The summed E-state index contributed by atoms with van der Waals surface area (Å²) in [7, 11) is 1.41. The van der Waals surface area contributed by atoms with Crippen molar-refractivity contribution in [2.24, 2.45) is 0 Å². The molecule has 0 aliphatic carbocycles. The van der Waals surface area contributed by atoms with Gasteiger partial charge in [0.25, 0.3) is 0 Å². The molecule has 0 spiro atoms. The van der Waals surface area contributed by atoms with Crippen molar-refractivity contribution in [2.75, 3.05) is 7.11 Å². The van der Waals surface area contributed by atoms with Crippen molar-refractivity contribution in [3.05, 3.63) is 17.5 Å². The highest BCUT2D eigenvalue weighted by atomic mass is 32.2. The molecular weight excluding hydrogens is 192 g/mol. The van der Waals surface area contributed by atoms with Crippen LogP contribution in [0.5, 0.6) is 0 Å². The lowest BCUT2D eigenvalue weighted by Gasteiger charge is -2.05. The Morgan fingerprint density at radius 1 is 1.75 bits per heavy atom. The quantitative estimate of drug-likeness (QED) is 0.556. The van der Waals surface area contributed by atoms with Crippen LogP contribution in [0.2, 0.25) is 0 Å². The first-order chi connectivity index (χ1) is 5.74. The van der Waals surface area contributed by atoms with E-state index >= 15 is 0 Å². The van der Waals surface area contributed by atoms with Crippen LogP contribution in [0.15, 0.2) is 21.7 Å². The second kappa shape index (κ2) is 4.52. The van der Waals surface area contributed by atoms with E-state index in [4.69, 9.17) is 0 Å². The van der Waals surface area contributed by atoms with Gasteiger partial charge in [0.05, 0.1) is 11.3 Å². The summed E-state index contributed by atoms with van der Waals surface area (Å²) in [5.41, 5.74) is 0. The Kier molecular flexibility index (Phi) is 3.62. The van der Waals surface area contributed by atoms with Crippen LogP contribution in [0.1, 0.15) is 6.92 Å². The number of esters is 1. The monoisotopic (exact) mass is 202 g/mol. The Morgan fingerprint density at radius 3 is 3.00 bits per heavy atom. The number of ether oxygens (including phenoxy) is 1. The zero-order chi connectivity index (χ0) is 8.97. The highest BCUT2D eigenvalue weighted by molar-refractivity contribution is 8.02. The van der Waals surface area contributed by atoms with E-state index < -0.39 is 0 Å². The van der Waals surface area contributed by atoms with Crippen LogP contribution in [0.3, 0.4) is 0 Å². The molecule has 0 N–H and O–H groups in total. The van der Waals surface area contributed by atoms with Gasteiger partial charge in [-0.3, -0.25) is 4.79 Å². The molecule has 0 amide bonds. The normalized spacial score (nSPS) is 12.5. The summed E-state index contributed by atoms with van der Waals surface area (Å²) >= 11 is 3.16. The smallest absolute Gasteiger partial charge is 0.318 e. The predicted molar refractivity (Wildman–Crippen MR) is 51.7 cm³/mol. The molecule has 2 nitrogen and oxygen atoms in total. The molecule has 1 atom stereocenters. The van der Waals surface area contributed by atoms with Gasteiger partial charge in [-0.2, -0.15) is 0 Å². The first-order valence-corrected chi connectivity index (χ1v) is 5.28. The van der Waals surface area contributed by atoms with Gasteiger partial charge in [0.15, 0.2) is 0 Å². The summed E-state index contributed by atoms with van der Waals surface area (Å²) in [6, 6.07) is 3.96. The molecular formula is C8H10O2S2. The van der Waals surface area contributed by atoms with E-state index in [0.29, 0.717) is 0 Å². The molecule has 0 fully saturated rings. The lowest BCUT2D eigenvalue weighted by Crippen LogP contribution is -2.14. The fourth-order valence-corrected chi connectivity index (χ4v) is 2.69. The highest BCUT2D eigenvalue weighted by Gasteiger charge is 2.14. The van der Waals surface area contributed by atoms with Gasteiger partial charge in [0, 0.05) is 0 Å². The fourth-order valence-electron chi connectivity index (χ4n) is 0.719. The standard InChI is InChI=1S/C8H10O2S2/c1-6(8(9)10-2)12-7-4-3-5-11-7/h3-6H,1-2H3. The van der Waals surface area contributed by atoms with Crippen LogP contribution in [0.4, 0.5) is 0 Å². The molecule has 1 aromatic heterocycles. The van der Waals surface area contributed by atoms with Gasteiger partial charge in [0.2, 0.25) is 0 Å². The summed E-state index contributed by atoms with van der Waals surface area (Å²) in [4.78, 5) is 11.0. The molecule has 0 saturated carbocycles. The minimum atomic E-state index is -0.173. The van der Waals surface area contributed by atoms with Gasteiger partial charge < -0.3 is 4.74 Å². The number of thioether (sulfide) groups is 1. The third kappa shape index (κ3) is 2.53. The number of thiophene rings is 1. The maximum atomic E-state index is 11.0. The maximum absolute atomic E-state index is 11.0. The van der Waals surface area contributed by atoms with E-state index in [1.165, 1.54) is 18.9 Å². The summed E-state index contributed by atoms with van der Waals surface area (Å²) in [5.74, 6) is -0.173. The molecule has 1 rings (SSSR count). The second-order valence-corrected chi connectivity index (χ2v) is 4.80. The first-order valence-electron chi connectivity index (χ1n) is 3.52. The molecule has 0 aliphatic rings. The van der Waals surface area contributed by atoms with E-state index in [-0.39, 0.29) is 11.2 Å². The van der Waals surface area contributed by atoms with E-state index in [1.54, 1.807) is 11.3 Å². The minimum Gasteiger partial charge on any atom is -0.468 e. The van der Waals surface area contributed by atoms with Crippen LogP contribution in [0.25, 0.3) is 0 Å². The van der Waals surface area contributed by atoms with Gasteiger partial charge >= 0.3 is 5.97 Å². The van der Waals surface area contributed by atoms with Crippen LogP contribution >= 0.6 is 23.1 Å². The van der Waals surface area contributed by atoms with Gasteiger partial charge in [-0.1, -0.05) is 6.07 Å². The second-order valence-electron chi connectivity index (χ2n) is 2.22. The number of carbonyl (C=O) groups excluding carboxylic acids is 1. The van der Waals surface area contributed by atoms with Crippen molar-refractivity contribution in [3.63, 3.8) is 0 Å². The lowest BCUT2D eigenvalue weighted by molar-refractivity contribution is -0.139. The number of hydrogen-bond acceptors (Lipinski definition) is 4. The number of methoxy groups -OCH3 is 1. The third-order valence-electron chi connectivity index (χ3n) is 1.32. The van der Waals surface area contributed by atoms with Crippen LogP contribution in [0, 0.1) is 0 Å². The Hall–Kier alpha value is -0.480. The van der Waals surface area contributed by atoms with Crippen LogP contribution in [-0.4, -0.2) is 18.3 Å². The molecule has 0 aromatic carbocycles. The zero-order valence-corrected chi connectivity index (χ0v) is 8.58. The van der Waals surface area contributed by atoms with Crippen molar-refractivity contribution in [3.8, 4) is 0 Å².